The fourth-order valence-corrected chi connectivity index (χ4v) is 2.91. The van der Waals surface area contributed by atoms with Crippen molar-refractivity contribution in [2.45, 2.75) is 19.3 Å². The Balaban J connectivity index is 1.41. The predicted molar refractivity (Wildman–Crippen MR) is 109 cm³/mol. The lowest BCUT2D eigenvalue weighted by atomic mass is 10.1. The summed E-state index contributed by atoms with van der Waals surface area (Å²) in [6.45, 7) is 1.10. The monoisotopic (exact) mass is 423 g/mol. The molecule has 1 aromatic carbocycles. The molecule has 0 atom stereocenters. The van der Waals surface area contributed by atoms with Crippen LogP contribution in [0.5, 0.6) is 0 Å². The Morgan fingerprint density at radius 1 is 1.19 bits per heavy atom. The van der Waals surface area contributed by atoms with Crippen LogP contribution < -0.4 is 5.32 Å². The highest BCUT2D eigenvalue weighted by Crippen LogP contribution is 2.12. The predicted octanol–water partition coefficient (Wildman–Crippen LogP) is 1.28. The SMILES string of the molecule is Cn1nnnc1C(=NOCc1cccc(NC(=O)CC2OCCO2)n1)c1ccccc1. The largest absolute Gasteiger partial charge is 0.389 e. The number of benzene rings is 1. The summed E-state index contributed by atoms with van der Waals surface area (Å²) >= 11 is 0. The number of hydrogen-bond donors (Lipinski definition) is 1. The smallest absolute Gasteiger partial charge is 0.230 e. The molecule has 160 valence electrons. The number of carbonyl (C=O) groups excluding carboxylic acids is 1. The van der Waals surface area contributed by atoms with Crippen molar-refractivity contribution < 1.29 is 19.1 Å². The lowest BCUT2D eigenvalue weighted by Crippen LogP contribution is -2.21. The van der Waals surface area contributed by atoms with Crippen molar-refractivity contribution in [1.82, 2.24) is 25.2 Å². The number of hydrogen-bond acceptors (Lipinski definition) is 9. The number of nitrogens with one attached hydrogen (secondary N) is 1. The van der Waals surface area contributed by atoms with Gasteiger partial charge in [-0.25, -0.2) is 9.67 Å². The molecule has 0 spiro atoms. The first-order valence-electron chi connectivity index (χ1n) is 9.66. The number of tetrazole rings is 1. The number of anilines is 1. The third-order valence-electron chi connectivity index (χ3n) is 4.36. The van der Waals surface area contributed by atoms with Gasteiger partial charge in [0.15, 0.2) is 18.6 Å². The van der Waals surface area contributed by atoms with Crippen LogP contribution in [-0.2, 0) is 32.8 Å². The molecule has 0 radical (unpaired) electrons. The molecule has 0 bridgehead atoms. The number of oxime groups is 1. The molecular formula is C20H21N7O4. The van der Waals surface area contributed by atoms with Gasteiger partial charge in [0, 0.05) is 12.6 Å². The van der Waals surface area contributed by atoms with Gasteiger partial charge < -0.3 is 19.6 Å². The summed E-state index contributed by atoms with van der Waals surface area (Å²) in [6, 6.07) is 14.7. The van der Waals surface area contributed by atoms with E-state index in [4.69, 9.17) is 14.3 Å². The Kier molecular flexibility index (Phi) is 6.55. The molecule has 31 heavy (non-hydrogen) atoms. The first-order valence-corrected chi connectivity index (χ1v) is 9.66. The Bertz CT molecular complexity index is 1050. The zero-order chi connectivity index (χ0) is 21.5. The van der Waals surface area contributed by atoms with Crippen molar-refractivity contribution in [1.29, 1.82) is 0 Å². The molecule has 1 aliphatic heterocycles. The Labute approximate surface area is 178 Å². The first kappa shape index (κ1) is 20.6. The van der Waals surface area contributed by atoms with E-state index in [1.54, 1.807) is 25.2 Å². The molecule has 1 aliphatic rings. The molecular weight excluding hydrogens is 402 g/mol. The molecule has 1 fully saturated rings. The Hall–Kier alpha value is -3.70. The van der Waals surface area contributed by atoms with Gasteiger partial charge >= 0.3 is 0 Å². The van der Waals surface area contributed by atoms with Crippen molar-refractivity contribution in [2.24, 2.45) is 12.2 Å². The lowest BCUT2D eigenvalue weighted by molar-refractivity contribution is -0.124. The maximum absolute atomic E-state index is 12.1. The maximum atomic E-state index is 12.1. The fraction of sp³-hybridized carbons (Fsp3) is 0.300. The number of rotatable bonds is 8. The van der Waals surface area contributed by atoms with Gasteiger partial charge in [0.25, 0.3) is 0 Å². The molecule has 1 amide bonds. The quantitative estimate of drug-likeness (QED) is 0.424. The molecule has 0 saturated carbocycles. The summed E-state index contributed by atoms with van der Waals surface area (Å²) in [5.74, 6) is 0.641. The maximum Gasteiger partial charge on any atom is 0.230 e. The third-order valence-corrected chi connectivity index (χ3v) is 4.36. The van der Waals surface area contributed by atoms with E-state index in [1.165, 1.54) is 4.68 Å². The standard InChI is InChI=1S/C20H21N7O4/c1-27-20(23-25-26-27)19(14-6-3-2-4-7-14)24-31-13-15-8-5-9-16(21-15)22-17(28)12-18-29-10-11-30-18/h2-9,18H,10-13H2,1H3,(H,21,22,28). The highest BCUT2D eigenvalue weighted by atomic mass is 16.7. The van der Waals surface area contributed by atoms with Gasteiger partial charge in [0.05, 0.1) is 25.3 Å². The second kappa shape index (κ2) is 9.87. The third kappa shape index (κ3) is 5.47. The molecule has 11 nitrogen and oxygen atoms in total. The summed E-state index contributed by atoms with van der Waals surface area (Å²) in [4.78, 5) is 22.0. The molecule has 1 saturated heterocycles. The minimum absolute atomic E-state index is 0.0974. The highest BCUT2D eigenvalue weighted by molar-refractivity contribution is 6.10. The average Bonchev–Trinajstić information content (AvgIpc) is 3.44. The fourth-order valence-electron chi connectivity index (χ4n) is 2.91. The van der Waals surface area contributed by atoms with Crippen molar-refractivity contribution in [3.8, 4) is 0 Å². The Morgan fingerprint density at radius 2 is 2.00 bits per heavy atom. The van der Waals surface area contributed by atoms with Crippen molar-refractivity contribution in [2.75, 3.05) is 18.5 Å². The minimum Gasteiger partial charge on any atom is -0.389 e. The van der Waals surface area contributed by atoms with Crippen LogP contribution in [0.25, 0.3) is 0 Å². The molecule has 2 aromatic heterocycles. The molecule has 11 heteroatoms. The van der Waals surface area contributed by atoms with E-state index in [-0.39, 0.29) is 18.9 Å². The van der Waals surface area contributed by atoms with E-state index in [0.717, 1.165) is 5.56 Å². The zero-order valence-corrected chi connectivity index (χ0v) is 16.8. The second-order valence-electron chi connectivity index (χ2n) is 6.64. The van der Waals surface area contributed by atoms with E-state index < -0.39 is 6.29 Å². The highest BCUT2D eigenvalue weighted by Gasteiger charge is 2.20. The normalized spacial score (nSPS) is 14.5. The minimum atomic E-state index is -0.507. The van der Waals surface area contributed by atoms with Gasteiger partial charge in [-0.15, -0.1) is 5.10 Å². The summed E-state index contributed by atoms with van der Waals surface area (Å²) in [6.07, 6.45) is -0.397. The van der Waals surface area contributed by atoms with Crippen LogP contribution in [0.15, 0.2) is 53.7 Å². The molecule has 3 aromatic rings. The zero-order valence-electron chi connectivity index (χ0n) is 16.8. The van der Waals surface area contributed by atoms with Gasteiger partial charge in [0.2, 0.25) is 11.7 Å². The van der Waals surface area contributed by atoms with Crippen LogP contribution in [-0.4, -0.2) is 56.3 Å². The molecule has 0 unspecified atom stereocenters. The number of amides is 1. The number of carbonyl (C=O) groups is 1. The number of pyridine rings is 1. The molecule has 3 heterocycles. The number of ether oxygens (including phenoxy) is 2. The Morgan fingerprint density at radius 3 is 2.74 bits per heavy atom. The number of nitrogens with zero attached hydrogens (tertiary/aromatic N) is 6. The van der Waals surface area contributed by atoms with Crippen LogP contribution in [0.2, 0.25) is 0 Å². The van der Waals surface area contributed by atoms with E-state index in [0.29, 0.717) is 36.3 Å². The summed E-state index contributed by atoms with van der Waals surface area (Å²) < 4.78 is 12.1. The molecule has 0 aliphatic carbocycles. The van der Waals surface area contributed by atoms with E-state index in [1.807, 2.05) is 30.3 Å². The summed E-state index contributed by atoms with van der Waals surface area (Å²) in [7, 11) is 1.73. The van der Waals surface area contributed by atoms with Crippen molar-refractivity contribution in [3.05, 3.63) is 65.6 Å². The van der Waals surface area contributed by atoms with E-state index in [9.17, 15) is 4.79 Å². The van der Waals surface area contributed by atoms with Crippen LogP contribution in [0.3, 0.4) is 0 Å². The molecule has 1 N–H and O–H groups in total. The van der Waals surface area contributed by atoms with Gasteiger partial charge in [-0.1, -0.05) is 41.6 Å². The van der Waals surface area contributed by atoms with Crippen LogP contribution >= 0.6 is 0 Å². The molecule has 4 rings (SSSR count). The lowest BCUT2D eigenvalue weighted by Gasteiger charge is -2.10. The van der Waals surface area contributed by atoms with Gasteiger partial charge in [-0.05, 0) is 22.6 Å². The number of aryl methyl sites for hydroxylation is 1. The van der Waals surface area contributed by atoms with Crippen molar-refractivity contribution >= 4 is 17.4 Å². The summed E-state index contributed by atoms with van der Waals surface area (Å²) in [5.41, 5.74) is 1.90. The van der Waals surface area contributed by atoms with Gasteiger partial charge in [0.1, 0.15) is 5.82 Å². The van der Waals surface area contributed by atoms with E-state index in [2.05, 4.69) is 31.0 Å². The van der Waals surface area contributed by atoms with Crippen molar-refractivity contribution in [3.63, 3.8) is 0 Å². The van der Waals surface area contributed by atoms with Gasteiger partial charge in [-0.3, -0.25) is 4.79 Å². The van der Waals surface area contributed by atoms with Crippen LogP contribution in [0.1, 0.15) is 23.5 Å². The van der Waals surface area contributed by atoms with Crippen LogP contribution in [0, 0.1) is 0 Å². The topological polar surface area (TPSA) is 126 Å². The second-order valence-corrected chi connectivity index (χ2v) is 6.64. The average molecular weight is 423 g/mol. The number of aromatic nitrogens is 5. The van der Waals surface area contributed by atoms with E-state index >= 15 is 0 Å². The first-order chi connectivity index (χ1) is 15.2. The van der Waals surface area contributed by atoms with Crippen LogP contribution in [0.4, 0.5) is 5.82 Å². The van der Waals surface area contributed by atoms with Gasteiger partial charge in [-0.2, -0.15) is 0 Å². The summed E-state index contributed by atoms with van der Waals surface area (Å²) in [5, 5.41) is 18.5.